The van der Waals surface area contributed by atoms with Crippen molar-refractivity contribution in [2.24, 2.45) is 0 Å². The van der Waals surface area contributed by atoms with Crippen LogP contribution < -0.4 is 5.32 Å². The minimum absolute atomic E-state index is 0.226. The highest BCUT2D eigenvalue weighted by Crippen LogP contribution is 2.16. The maximum atomic E-state index is 11.3. The highest BCUT2D eigenvalue weighted by Gasteiger charge is 2.08. The van der Waals surface area contributed by atoms with Crippen molar-refractivity contribution in [3.8, 4) is 0 Å². The quantitative estimate of drug-likeness (QED) is 0.565. The number of nitrogens with zero attached hydrogens (tertiary/aromatic N) is 3. The van der Waals surface area contributed by atoms with Crippen LogP contribution in [0.4, 0.5) is 5.13 Å². The lowest BCUT2D eigenvalue weighted by Crippen LogP contribution is -2.08. The summed E-state index contributed by atoms with van der Waals surface area (Å²) in [7, 11) is 0. The molecule has 0 aliphatic carbocycles. The number of carbonyl (C=O) groups is 1. The molecule has 0 aliphatic rings. The molecule has 0 aliphatic heterocycles. The molecule has 20 heavy (non-hydrogen) atoms. The van der Waals surface area contributed by atoms with Crippen molar-refractivity contribution < 1.29 is 9.53 Å². The Morgan fingerprint density at radius 1 is 1.55 bits per heavy atom. The van der Waals surface area contributed by atoms with E-state index in [0.717, 1.165) is 36.0 Å². The Morgan fingerprint density at radius 2 is 2.45 bits per heavy atom. The summed E-state index contributed by atoms with van der Waals surface area (Å²) in [5.74, 6) is 0.642. The monoisotopic (exact) mass is 295 g/mol. The molecule has 0 saturated heterocycles. The van der Waals surface area contributed by atoms with Crippen molar-refractivity contribution in [3.63, 3.8) is 0 Å². The van der Waals surface area contributed by atoms with E-state index in [1.54, 1.807) is 6.92 Å². The Kier molecular flexibility index (Phi) is 5.48. The maximum Gasteiger partial charge on any atom is 0.311 e. The third kappa shape index (κ3) is 4.61. The lowest BCUT2D eigenvalue weighted by molar-refractivity contribution is -0.142. The van der Waals surface area contributed by atoms with E-state index in [1.807, 2.05) is 5.38 Å². The van der Waals surface area contributed by atoms with Gasteiger partial charge in [-0.15, -0.1) is 11.3 Å². The second-order valence-electron chi connectivity index (χ2n) is 4.09. The molecule has 2 N–H and O–H groups in total. The topological polar surface area (TPSA) is 92.8 Å². The summed E-state index contributed by atoms with van der Waals surface area (Å²) in [6, 6.07) is 0. The number of thiazole rings is 1. The molecule has 0 fully saturated rings. The smallest absolute Gasteiger partial charge is 0.311 e. The van der Waals surface area contributed by atoms with Crippen molar-refractivity contribution in [3.05, 3.63) is 23.2 Å². The number of anilines is 1. The van der Waals surface area contributed by atoms with Gasteiger partial charge in [-0.3, -0.25) is 9.89 Å². The Morgan fingerprint density at radius 3 is 3.20 bits per heavy atom. The highest BCUT2D eigenvalue weighted by molar-refractivity contribution is 7.13. The number of aryl methyl sites for hydroxylation is 1. The van der Waals surface area contributed by atoms with Crippen molar-refractivity contribution in [1.82, 2.24) is 20.2 Å². The first-order chi connectivity index (χ1) is 9.78. The van der Waals surface area contributed by atoms with Gasteiger partial charge in [-0.1, -0.05) is 0 Å². The van der Waals surface area contributed by atoms with Gasteiger partial charge < -0.3 is 10.1 Å². The van der Waals surface area contributed by atoms with Gasteiger partial charge in [0.1, 0.15) is 12.2 Å². The average Bonchev–Trinajstić information content (AvgIpc) is 3.06. The normalized spacial score (nSPS) is 10.4. The zero-order valence-corrected chi connectivity index (χ0v) is 12.1. The SMILES string of the molecule is CCOC(=O)Cc1csc(NCCCc2ncn[nH]2)n1. The molecular weight excluding hydrogens is 278 g/mol. The third-order valence-corrected chi connectivity index (χ3v) is 3.36. The first kappa shape index (κ1) is 14.4. The number of aromatic amines is 1. The van der Waals surface area contributed by atoms with Gasteiger partial charge >= 0.3 is 5.97 Å². The van der Waals surface area contributed by atoms with Gasteiger partial charge in [0.05, 0.1) is 18.7 Å². The number of ether oxygens (including phenoxy) is 1. The molecule has 2 aromatic heterocycles. The Bertz CT molecular complexity index is 526. The summed E-state index contributed by atoms with van der Waals surface area (Å²) in [4.78, 5) is 19.7. The molecule has 8 heteroatoms. The van der Waals surface area contributed by atoms with Crippen molar-refractivity contribution in [2.75, 3.05) is 18.5 Å². The van der Waals surface area contributed by atoms with Crippen LogP contribution in [-0.2, 0) is 22.4 Å². The van der Waals surface area contributed by atoms with Crippen molar-refractivity contribution >= 4 is 22.4 Å². The number of rotatable bonds is 8. The molecular formula is C12H17N5O2S. The van der Waals surface area contributed by atoms with Crippen LogP contribution in [0.2, 0.25) is 0 Å². The van der Waals surface area contributed by atoms with Gasteiger partial charge in [-0.05, 0) is 13.3 Å². The molecule has 0 bridgehead atoms. The van der Waals surface area contributed by atoms with E-state index in [4.69, 9.17) is 4.74 Å². The molecule has 2 heterocycles. The van der Waals surface area contributed by atoms with Crippen LogP contribution in [-0.4, -0.2) is 39.3 Å². The molecule has 0 spiro atoms. The third-order valence-electron chi connectivity index (χ3n) is 2.51. The second kappa shape index (κ2) is 7.59. The summed E-state index contributed by atoms with van der Waals surface area (Å²) in [5, 5.41) is 12.5. The molecule has 0 unspecified atom stereocenters. The number of esters is 1. The van der Waals surface area contributed by atoms with Gasteiger partial charge in [-0.25, -0.2) is 9.97 Å². The number of aromatic nitrogens is 4. The predicted octanol–water partition coefficient (Wildman–Crippen LogP) is 1.41. The molecule has 0 saturated carbocycles. The lowest BCUT2D eigenvalue weighted by Gasteiger charge is -2.01. The van der Waals surface area contributed by atoms with Crippen LogP contribution in [0.3, 0.4) is 0 Å². The zero-order valence-electron chi connectivity index (χ0n) is 11.3. The first-order valence-corrected chi connectivity index (χ1v) is 7.34. The number of nitrogens with one attached hydrogen (secondary N) is 2. The van der Waals surface area contributed by atoms with Crippen molar-refractivity contribution in [2.45, 2.75) is 26.2 Å². The molecule has 0 amide bonds. The highest BCUT2D eigenvalue weighted by atomic mass is 32.1. The van der Waals surface area contributed by atoms with Crippen LogP contribution in [0.5, 0.6) is 0 Å². The van der Waals surface area contributed by atoms with E-state index in [2.05, 4.69) is 25.5 Å². The van der Waals surface area contributed by atoms with Crippen molar-refractivity contribution in [1.29, 1.82) is 0 Å². The molecule has 0 radical (unpaired) electrons. The van der Waals surface area contributed by atoms with Gasteiger partial charge in [0, 0.05) is 18.3 Å². The maximum absolute atomic E-state index is 11.3. The van der Waals surface area contributed by atoms with E-state index >= 15 is 0 Å². The van der Waals surface area contributed by atoms with Crippen LogP contribution in [0.25, 0.3) is 0 Å². The summed E-state index contributed by atoms with van der Waals surface area (Å²) in [6.07, 6.45) is 3.51. The van der Waals surface area contributed by atoms with E-state index < -0.39 is 0 Å². The lowest BCUT2D eigenvalue weighted by atomic mass is 10.3. The molecule has 2 rings (SSSR count). The van der Waals surface area contributed by atoms with Gasteiger partial charge in [0.25, 0.3) is 0 Å². The molecule has 2 aromatic rings. The number of H-pyrrole nitrogens is 1. The molecule has 0 aromatic carbocycles. The van der Waals surface area contributed by atoms with Crippen LogP contribution in [0.15, 0.2) is 11.7 Å². The predicted molar refractivity (Wildman–Crippen MR) is 75.6 cm³/mol. The van der Waals surface area contributed by atoms with E-state index in [0.29, 0.717) is 6.61 Å². The fraction of sp³-hybridized carbons (Fsp3) is 0.500. The fourth-order valence-electron chi connectivity index (χ4n) is 1.63. The van der Waals surface area contributed by atoms with E-state index in [1.165, 1.54) is 17.7 Å². The summed E-state index contributed by atoms with van der Waals surface area (Å²) >= 11 is 1.49. The molecule has 0 atom stereocenters. The van der Waals surface area contributed by atoms with Crippen LogP contribution in [0, 0.1) is 0 Å². The first-order valence-electron chi connectivity index (χ1n) is 6.46. The Labute approximate surface area is 120 Å². The Balaban J connectivity index is 1.68. The van der Waals surface area contributed by atoms with Gasteiger partial charge in [0.15, 0.2) is 5.13 Å². The summed E-state index contributed by atoms with van der Waals surface area (Å²) in [6.45, 7) is 2.99. The molecule has 108 valence electrons. The average molecular weight is 295 g/mol. The zero-order chi connectivity index (χ0) is 14.2. The minimum Gasteiger partial charge on any atom is -0.466 e. The van der Waals surface area contributed by atoms with Crippen LogP contribution in [0.1, 0.15) is 24.9 Å². The Hall–Kier alpha value is -1.96. The van der Waals surface area contributed by atoms with Gasteiger partial charge in [-0.2, -0.15) is 5.10 Å². The van der Waals surface area contributed by atoms with E-state index in [-0.39, 0.29) is 12.4 Å². The standard InChI is InChI=1S/C12H17N5O2S/c1-2-19-11(18)6-9-7-20-12(16-9)13-5-3-4-10-14-8-15-17-10/h7-8H,2-6H2,1H3,(H,13,16)(H,14,15,17). The van der Waals surface area contributed by atoms with Gasteiger partial charge in [0.2, 0.25) is 0 Å². The number of hydrogen-bond acceptors (Lipinski definition) is 7. The second-order valence-corrected chi connectivity index (χ2v) is 4.95. The van der Waals surface area contributed by atoms with Crippen LogP contribution >= 0.6 is 11.3 Å². The number of hydrogen-bond donors (Lipinski definition) is 2. The molecule has 7 nitrogen and oxygen atoms in total. The fourth-order valence-corrected chi connectivity index (χ4v) is 2.37. The minimum atomic E-state index is -0.241. The van der Waals surface area contributed by atoms with E-state index in [9.17, 15) is 4.79 Å². The summed E-state index contributed by atoms with van der Waals surface area (Å²) in [5.41, 5.74) is 0.742. The largest absolute Gasteiger partial charge is 0.466 e. The summed E-state index contributed by atoms with van der Waals surface area (Å²) < 4.78 is 4.88. The number of carbonyl (C=O) groups excluding carboxylic acids is 1.